The van der Waals surface area contributed by atoms with Crippen molar-refractivity contribution in [2.75, 3.05) is 6.54 Å². The standard InChI is InChI=1S/C14H12F2N4O3S/c15-9-3-1-4-10(16)13(9)24(21,22)17-7-6-12-18-14(20-19-12)11-5-2-8-23-11/h1-5,8,17H,6-7H2,(H,18,19,20). The first kappa shape index (κ1) is 16.3. The zero-order valence-corrected chi connectivity index (χ0v) is 13.0. The average molecular weight is 354 g/mol. The molecule has 0 amide bonds. The fourth-order valence-corrected chi connectivity index (χ4v) is 3.20. The molecule has 0 atom stereocenters. The summed E-state index contributed by atoms with van der Waals surface area (Å²) in [6, 6.07) is 6.21. The topological polar surface area (TPSA) is 101 Å². The first-order valence-corrected chi connectivity index (χ1v) is 8.34. The van der Waals surface area contributed by atoms with Crippen LogP contribution in [-0.2, 0) is 16.4 Å². The summed E-state index contributed by atoms with van der Waals surface area (Å²) in [6.45, 7) is -0.108. The van der Waals surface area contributed by atoms with Gasteiger partial charge in [0.2, 0.25) is 15.8 Å². The van der Waals surface area contributed by atoms with E-state index in [4.69, 9.17) is 4.42 Å². The highest BCUT2D eigenvalue weighted by Crippen LogP contribution is 2.18. The summed E-state index contributed by atoms with van der Waals surface area (Å²) >= 11 is 0. The Morgan fingerprint density at radius 1 is 1.17 bits per heavy atom. The molecule has 2 aromatic heterocycles. The Morgan fingerprint density at radius 3 is 2.58 bits per heavy atom. The van der Waals surface area contributed by atoms with Gasteiger partial charge in [0.25, 0.3) is 0 Å². The van der Waals surface area contributed by atoms with Gasteiger partial charge in [-0.1, -0.05) is 6.07 Å². The molecule has 2 N–H and O–H groups in total. The van der Waals surface area contributed by atoms with Crippen LogP contribution in [0.15, 0.2) is 45.9 Å². The summed E-state index contributed by atoms with van der Waals surface area (Å²) in [4.78, 5) is 3.14. The van der Waals surface area contributed by atoms with E-state index in [1.165, 1.54) is 6.26 Å². The third-order valence-electron chi connectivity index (χ3n) is 3.11. The molecule has 0 radical (unpaired) electrons. The number of furan rings is 1. The van der Waals surface area contributed by atoms with Gasteiger partial charge in [-0.3, -0.25) is 5.10 Å². The minimum atomic E-state index is -4.31. The smallest absolute Gasteiger partial charge is 0.246 e. The number of nitrogens with one attached hydrogen (secondary N) is 2. The van der Waals surface area contributed by atoms with Crippen LogP contribution in [0.4, 0.5) is 8.78 Å². The molecule has 0 fully saturated rings. The van der Waals surface area contributed by atoms with E-state index in [2.05, 4.69) is 19.9 Å². The van der Waals surface area contributed by atoms with Crippen LogP contribution in [0.5, 0.6) is 0 Å². The molecule has 0 saturated carbocycles. The second kappa shape index (κ2) is 6.49. The number of rotatable bonds is 6. The summed E-state index contributed by atoms with van der Waals surface area (Å²) in [6.07, 6.45) is 1.63. The largest absolute Gasteiger partial charge is 0.461 e. The van der Waals surface area contributed by atoms with Gasteiger partial charge in [-0.2, -0.15) is 5.10 Å². The molecular weight excluding hydrogens is 342 g/mol. The maximum absolute atomic E-state index is 13.6. The highest BCUT2D eigenvalue weighted by molar-refractivity contribution is 7.89. The molecule has 3 rings (SSSR count). The van der Waals surface area contributed by atoms with Crippen LogP contribution in [0.3, 0.4) is 0 Å². The highest BCUT2D eigenvalue weighted by atomic mass is 32.2. The summed E-state index contributed by atoms with van der Waals surface area (Å²) in [7, 11) is -4.31. The number of benzene rings is 1. The normalized spacial score (nSPS) is 11.8. The van der Waals surface area contributed by atoms with Gasteiger partial charge in [-0.25, -0.2) is 26.9 Å². The van der Waals surface area contributed by atoms with Crippen molar-refractivity contribution in [3.05, 3.63) is 54.1 Å². The van der Waals surface area contributed by atoms with Crippen LogP contribution < -0.4 is 4.72 Å². The summed E-state index contributed by atoms with van der Waals surface area (Å²) < 4.78 is 58.4. The van der Waals surface area contributed by atoms with Gasteiger partial charge in [0, 0.05) is 13.0 Å². The second-order valence-electron chi connectivity index (χ2n) is 4.78. The number of nitrogens with zero attached hydrogens (tertiary/aromatic N) is 2. The lowest BCUT2D eigenvalue weighted by Gasteiger charge is -2.07. The van der Waals surface area contributed by atoms with Crippen LogP contribution in [-0.4, -0.2) is 30.1 Å². The van der Waals surface area contributed by atoms with Crippen molar-refractivity contribution in [3.63, 3.8) is 0 Å². The summed E-state index contributed by atoms with van der Waals surface area (Å²) in [5.74, 6) is -1.10. The molecule has 0 saturated heterocycles. The van der Waals surface area contributed by atoms with E-state index < -0.39 is 26.6 Å². The Hall–Kier alpha value is -2.59. The fraction of sp³-hybridized carbons (Fsp3) is 0.143. The molecule has 0 aliphatic rings. The molecule has 3 aromatic rings. The molecule has 0 bridgehead atoms. The van der Waals surface area contributed by atoms with E-state index >= 15 is 0 Å². The minimum absolute atomic E-state index is 0.108. The number of halogens is 2. The number of hydrogen-bond donors (Lipinski definition) is 2. The number of H-pyrrole nitrogens is 1. The summed E-state index contributed by atoms with van der Waals surface area (Å²) in [5.41, 5.74) is 0. The van der Waals surface area contributed by atoms with Crippen molar-refractivity contribution in [1.29, 1.82) is 0 Å². The third-order valence-corrected chi connectivity index (χ3v) is 4.63. The van der Waals surface area contributed by atoms with Crippen molar-refractivity contribution in [3.8, 4) is 11.6 Å². The molecule has 10 heteroatoms. The van der Waals surface area contributed by atoms with Crippen molar-refractivity contribution >= 4 is 10.0 Å². The van der Waals surface area contributed by atoms with Gasteiger partial charge in [0.1, 0.15) is 17.5 Å². The van der Waals surface area contributed by atoms with Crippen molar-refractivity contribution in [1.82, 2.24) is 19.9 Å². The van der Waals surface area contributed by atoms with Crippen LogP contribution in [0.2, 0.25) is 0 Å². The Morgan fingerprint density at radius 2 is 1.92 bits per heavy atom. The zero-order chi connectivity index (χ0) is 17.2. The van der Waals surface area contributed by atoms with E-state index in [0.29, 0.717) is 17.4 Å². The van der Waals surface area contributed by atoms with E-state index in [-0.39, 0.29) is 13.0 Å². The van der Waals surface area contributed by atoms with Gasteiger partial charge in [0.15, 0.2) is 10.7 Å². The lowest BCUT2D eigenvalue weighted by Crippen LogP contribution is -2.28. The molecular formula is C14H12F2N4O3S. The predicted molar refractivity (Wildman–Crippen MR) is 79.3 cm³/mol. The van der Waals surface area contributed by atoms with Crippen LogP contribution >= 0.6 is 0 Å². The monoisotopic (exact) mass is 354 g/mol. The number of sulfonamides is 1. The molecule has 0 unspecified atom stereocenters. The quantitative estimate of drug-likeness (QED) is 0.704. The SMILES string of the molecule is O=S(=O)(NCCc1nc(-c2ccco2)n[nH]1)c1c(F)cccc1F. The molecule has 1 aromatic carbocycles. The number of aromatic amines is 1. The first-order chi connectivity index (χ1) is 11.5. The Balaban J connectivity index is 1.66. The maximum atomic E-state index is 13.6. The molecule has 0 aliphatic heterocycles. The van der Waals surface area contributed by atoms with E-state index in [0.717, 1.165) is 18.2 Å². The van der Waals surface area contributed by atoms with E-state index in [1.54, 1.807) is 12.1 Å². The molecule has 24 heavy (non-hydrogen) atoms. The van der Waals surface area contributed by atoms with Crippen molar-refractivity contribution < 1.29 is 21.6 Å². The fourth-order valence-electron chi connectivity index (χ4n) is 2.04. The van der Waals surface area contributed by atoms with Gasteiger partial charge in [-0.15, -0.1) is 0 Å². The second-order valence-corrected chi connectivity index (χ2v) is 6.49. The molecule has 0 aliphatic carbocycles. The van der Waals surface area contributed by atoms with Gasteiger partial charge < -0.3 is 4.42 Å². The Bertz CT molecular complexity index is 919. The van der Waals surface area contributed by atoms with Crippen LogP contribution in [0, 0.1) is 11.6 Å². The molecule has 2 heterocycles. The van der Waals surface area contributed by atoms with E-state index in [1.807, 2.05) is 0 Å². The third kappa shape index (κ3) is 3.34. The summed E-state index contributed by atoms with van der Waals surface area (Å²) in [5, 5.41) is 6.57. The lowest BCUT2D eigenvalue weighted by atomic mass is 10.3. The molecule has 126 valence electrons. The minimum Gasteiger partial charge on any atom is -0.461 e. The van der Waals surface area contributed by atoms with Gasteiger partial charge >= 0.3 is 0 Å². The Kier molecular flexibility index (Phi) is 4.40. The van der Waals surface area contributed by atoms with Crippen molar-refractivity contribution in [2.24, 2.45) is 0 Å². The Labute approximate surface area is 135 Å². The number of aromatic nitrogens is 3. The lowest BCUT2D eigenvalue weighted by molar-refractivity contribution is 0.514. The number of hydrogen-bond acceptors (Lipinski definition) is 5. The van der Waals surface area contributed by atoms with Crippen molar-refractivity contribution in [2.45, 2.75) is 11.3 Å². The van der Waals surface area contributed by atoms with Gasteiger partial charge in [-0.05, 0) is 24.3 Å². The molecule has 0 spiro atoms. The predicted octanol–water partition coefficient (Wildman–Crippen LogP) is 1.86. The van der Waals surface area contributed by atoms with Crippen LogP contribution in [0.1, 0.15) is 5.82 Å². The zero-order valence-electron chi connectivity index (χ0n) is 12.2. The van der Waals surface area contributed by atoms with E-state index in [9.17, 15) is 17.2 Å². The average Bonchev–Trinajstić information content (AvgIpc) is 3.17. The maximum Gasteiger partial charge on any atom is 0.246 e. The van der Waals surface area contributed by atoms with Gasteiger partial charge in [0.05, 0.1) is 6.26 Å². The highest BCUT2D eigenvalue weighted by Gasteiger charge is 2.23. The first-order valence-electron chi connectivity index (χ1n) is 6.86. The molecule has 7 nitrogen and oxygen atoms in total. The van der Waals surface area contributed by atoms with Crippen LogP contribution in [0.25, 0.3) is 11.6 Å².